The van der Waals surface area contributed by atoms with Gasteiger partial charge in [-0.15, -0.1) is 11.6 Å². The molecule has 0 saturated carbocycles. The Kier molecular flexibility index (Phi) is 8.39. The van der Waals surface area contributed by atoms with E-state index in [1.807, 2.05) is 37.3 Å². The summed E-state index contributed by atoms with van der Waals surface area (Å²) in [6.07, 6.45) is 0. The van der Waals surface area contributed by atoms with Crippen LogP contribution in [0.4, 0.5) is 0 Å². The van der Waals surface area contributed by atoms with E-state index in [9.17, 15) is 4.79 Å². The lowest BCUT2D eigenvalue weighted by Crippen LogP contribution is -1.89. The molecule has 0 aliphatic heterocycles. The highest BCUT2D eigenvalue weighted by atomic mass is 35.5. The van der Waals surface area contributed by atoms with Gasteiger partial charge in [-0.2, -0.15) is 0 Å². The lowest BCUT2D eigenvalue weighted by Gasteiger charge is -1.99. The van der Waals surface area contributed by atoms with E-state index in [1.54, 1.807) is 0 Å². The Morgan fingerprint density at radius 1 is 1.36 bits per heavy atom. The van der Waals surface area contributed by atoms with Gasteiger partial charge in [-0.3, -0.25) is 4.79 Å². The molecule has 0 bridgehead atoms. The van der Waals surface area contributed by atoms with Gasteiger partial charge in [-0.05, 0) is 30.7 Å². The molecule has 0 heterocycles. The summed E-state index contributed by atoms with van der Waals surface area (Å²) in [6.45, 7) is 2.72. The van der Waals surface area contributed by atoms with E-state index in [2.05, 4.69) is 0 Å². The third kappa shape index (κ3) is 7.90. The smallest absolute Gasteiger partial charge is 0.236 e. The maximum Gasteiger partial charge on any atom is 0.236 e. The summed E-state index contributed by atoms with van der Waals surface area (Å²) in [7, 11) is 0. The Balaban J connectivity index is 0.000000292. The van der Waals surface area contributed by atoms with E-state index in [0.717, 1.165) is 12.4 Å². The standard InChI is InChI=1S/C8H10O.C2H2Cl2O/c1-2-9-8-6-4-3-5-7-8;3-1-2(4)5/h3-7H,2H2,1H3;1H2. The Bertz CT molecular complexity index is 250. The number of ether oxygens (including phenoxy) is 1. The fourth-order valence-electron chi connectivity index (χ4n) is 0.683. The second-order valence-corrected chi connectivity index (χ2v) is 2.92. The van der Waals surface area contributed by atoms with Gasteiger partial charge in [-0.1, -0.05) is 18.2 Å². The van der Waals surface area contributed by atoms with Gasteiger partial charge in [0.2, 0.25) is 5.24 Å². The van der Waals surface area contributed by atoms with Crippen LogP contribution in [0.2, 0.25) is 0 Å². The Morgan fingerprint density at radius 2 is 1.86 bits per heavy atom. The van der Waals surface area contributed by atoms with Crippen LogP contribution in [-0.2, 0) is 4.79 Å². The summed E-state index contributed by atoms with van der Waals surface area (Å²) in [4.78, 5) is 9.45. The van der Waals surface area contributed by atoms with E-state index in [1.165, 1.54) is 0 Å². The molecular formula is C10H12Cl2O2. The van der Waals surface area contributed by atoms with Gasteiger partial charge in [0.15, 0.2) is 0 Å². The minimum atomic E-state index is -0.508. The zero-order chi connectivity index (χ0) is 10.8. The van der Waals surface area contributed by atoms with E-state index < -0.39 is 5.24 Å². The monoisotopic (exact) mass is 234 g/mol. The summed E-state index contributed by atoms with van der Waals surface area (Å²) in [5.41, 5.74) is 0. The predicted molar refractivity (Wildman–Crippen MR) is 59.2 cm³/mol. The van der Waals surface area contributed by atoms with Crippen LogP contribution in [-0.4, -0.2) is 17.7 Å². The molecule has 1 rings (SSSR count). The average molecular weight is 235 g/mol. The molecule has 0 unspecified atom stereocenters. The van der Waals surface area contributed by atoms with Gasteiger partial charge in [0.1, 0.15) is 5.75 Å². The van der Waals surface area contributed by atoms with Crippen LogP contribution in [0.3, 0.4) is 0 Å². The average Bonchev–Trinajstić information content (AvgIpc) is 2.21. The molecule has 4 heteroatoms. The number of carbonyl (C=O) groups is 1. The predicted octanol–water partition coefficient (Wildman–Crippen LogP) is 3.08. The molecule has 0 fully saturated rings. The van der Waals surface area contributed by atoms with Crippen LogP contribution in [0.25, 0.3) is 0 Å². The van der Waals surface area contributed by atoms with Crippen molar-refractivity contribution in [3.8, 4) is 5.75 Å². The molecule has 0 saturated heterocycles. The van der Waals surface area contributed by atoms with Crippen LogP contribution in [0, 0.1) is 0 Å². The molecule has 0 aromatic heterocycles. The van der Waals surface area contributed by atoms with Crippen molar-refractivity contribution in [2.24, 2.45) is 0 Å². The summed E-state index contributed by atoms with van der Waals surface area (Å²) in [5.74, 6) is 0.849. The van der Waals surface area contributed by atoms with Gasteiger partial charge in [0.05, 0.1) is 12.5 Å². The first-order valence-corrected chi connectivity index (χ1v) is 5.04. The molecule has 0 aliphatic rings. The summed E-state index contributed by atoms with van der Waals surface area (Å²) in [5, 5.41) is -0.508. The fraction of sp³-hybridized carbons (Fsp3) is 0.300. The molecule has 2 nitrogen and oxygen atoms in total. The zero-order valence-electron chi connectivity index (χ0n) is 7.87. The SMILES string of the molecule is CCOc1ccccc1.O=C(Cl)CCl. The van der Waals surface area contributed by atoms with Gasteiger partial charge in [0, 0.05) is 0 Å². The first kappa shape index (κ1) is 13.3. The molecule has 14 heavy (non-hydrogen) atoms. The minimum absolute atomic E-state index is 0.0957. The zero-order valence-corrected chi connectivity index (χ0v) is 9.39. The first-order valence-electron chi connectivity index (χ1n) is 4.12. The highest BCUT2D eigenvalue weighted by molar-refractivity contribution is 6.67. The molecule has 0 N–H and O–H groups in total. The number of rotatable bonds is 3. The summed E-state index contributed by atoms with van der Waals surface area (Å²) in [6, 6.07) is 9.80. The molecule has 0 aliphatic carbocycles. The molecular weight excluding hydrogens is 223 g/mol. The maximum absolute atomic E-state index is 9.45. The van der Waals surface area contributed by atoms with Crippen molar-refractivity contribution in [1.29, 1.82) is 0 Å². The second-order valence-electron chi connectivity index (χ2n) is 2.23. The Hall–Kier alpha value is -0.730. The van der Waals surface area contributed by atoms with Gasteiger partial charge >= 0.3 is 0 Å². The molecule has 1 aromatic carbocycles. The van der Waals surface area contributed by atoms with Crippen LogP contribution in [0.15, 0.2) is 30.3 Å². The van der Waals surface area contributed by atoms with Crippen LogP contribution in [0.5, 0.6) is 5.75 Å². The van der Waals surface area contributed by atoms with Crippen LogP contribution < -0.4 is 4.74 Å². The van der Waals surface area contributed by atoms with E-state index in [-0.39, 0.29) is 5.88 Å². The molecule has 0 amide bonds. The Labute approximate surface area is 93.8 Å². The molecule has 78 valence electrons. The third-order valence-corrected chi connectivity index (χ3v) is 1.67. The maximum atomic E-state index is 9.45. The van der Waals surface area contributed by atoms with Gasteiger partial charge in [0.25, 0.3) is 0 Å². The highest BCUT2D eigenvalue weighted by Gasteiger charge is 1.84. The topological polar surface area (TPSA) is 26.3 Å². The van der Waals surface area contributed by atoms with E-state index >= 15 is 0 Å². The fourth-order valence-corrected chi connectivity index (χ4v) is 0.683. The van der Waals surface area contributed by atoms with Crippen LogP contribution in [0.1, 0.15) is 6.92 Å². The van der Waals surface area contributed by atoms with E-state index in [0.29, 0.717) is 0 Å². The van der Waals surface area contributed by atoms with Gasteiger partial charge < -0.3 is 4.74 Å². The van der Waals surface area contributed by atoms with Gasteiger partial charge in [-0.25, -0.2) is 0 Å². The number of para-hydroxylation sites is 1. The minimum Gasteiger partial charge on any atom is -0.494 e. The molecule has 0 radical (unpaired) electrons. The van der Waals surface area contributed by atoms with Crippen molar-refractivity contribution in [1.82, 2.24) is 0 Å². The van der Waals surface area contributed by atoms with Crippen molar-refractivity contribution < 1.29 is 9.53 Å². The molecule has 0 spiro atoms. The van der Waals surface area contributed by atoms with Crippen molar-refractivity contribution in [2.45, 2.75) is 6.92 Å². The van der Waals surface area contributed by atoms with E-state index in [4.69, 9.17) is 27.9 Å². The van der Waals surface area contributed by atoms with Crippen molar-refractivity contribution in [2.75, 3.05) is 12.5 Å². The first-order chi connectivity index (χ1) is 6.70. The van der Waals surface area contributed by atoms with Crippen molar-refractivity contribution >= 4 is 28.4 Å². The lowest BCUT2D eigenvalue weighted by atomic mass is 10.3. The van der Waals surface area contributed by atoms with Crippen molar-refractivity contribution in [3.05, 3.63) is 30.3 Å². The number of alkyl halides is 1. The largest absolute Gasteiger partial charge is 0.494 e. The highest BCUT2D eigenvalue weighted by Crippen LogP contribution is 2.06. The summed E-state index contributed by atoms with van der Waals surface area (Å²) >= 11 is 9.55. The number of carbonyl (C=O) groups excluding carboxylic acids is 1. The quantitative estimate of drug-likeness (QED) is 0.594. The molecule has 1 aromatic rings. The number of hydrogen-bond donors (Lipinski definition) is 0. The van der Waals surface area contributed by atoms with Crippen LogP contribution >= 0.6 is 23.2 Å². The number of hydrogen-bond acceptors (Lipinski definition) is 2. The Morgan fingerprint density at radius 3 is 2.21 bits per heavy atom. The number of benzene rings is 1. The second kappa shape index (κ2) is 8.85. The van der Waals surface area contributed by atoms with Crippen molar-refractivity contribution in [3.63, 3.8) is 0 Å². The molecule has 0 atom stereocenters. The normalized spacial score (nSPS) is 8.50. The third-order valence-electron chi connectivity index (χ3n) is 1.16. The summed E-state index contributed by atoms with van der Waals surface area (Å²) < 4.78 is 5.21. The number of halogens is 2. The lowest BCUT2D eigenvalue weighted by molar-refractivity contribution is -0.109.